The summed E-state index contributed by atoms with van der Waals surface area (Å²) in [5.74, 6) is -2.66. The van der Waals surface area contributed by atoms with Crippen LogP contribution in [0.3, 0.4) is 0 Å². The van der Waals surface area contributed by atoms with E-state index in [2.05, 4.69) is 19.2 Å². The summed E-state index contributed by atoms with van der Waals surface area (Å²) in [6.45, 7) is 9.19. The number of rotatable bonds is 23. The Morgan fingerprint density at radius 1 is 0.923 bits per heavy atom. The highest BCUT2D eigenvalue weighted by atomic mass is 16.8. The number of aliphatic hydroxyl groups is 1. The standard InChI is InChI=1S/C53H70N2O10/c1-7-9-16-30-53(31-17-10-8-2)63-46-35-41(34-45(48(46)65-53)62-51(61)40-26-19-23-37(32-40)22-18-25-39-24-14-15-27-44(39)57)50(60)55(6)43(33-38-20-12-11-13-21-38)49(59)54-42(36-56)28-29-47(58)64-52(3,4)5/h11-15,18-24,26-27,32,35,42-43,45-46,48,56-57H,7-10,16-17,25,28-31,33-34,36H2,1-6H3,(H,54,59)/t42-,43+,45+,46+,48-/m0/s1. The van der Waals surface area contributed by atoms with E-state index in [-0.39, 0.29) is 31.4 Å². The Labute approximate surface area is 385 Å². The number of benzene rings is 3. The first-order valence-electron chi connectivity index (χ1n) is 23.4. The maximum Gasteiger partial charge on any atom is 0.338 e. The van der Waals surface area contributed by atoms with Crippen molar-refractivity contribution < 1.29 is 48.3 Å². The molecule has 0 saturated carbocycles. The van der Waals surface area contributed by atoms with Gasteiger partial charge in [0.1, 0.15) is 35.7 Å². The second-order valence-corrected chi connectivity index (χ2v) is 18.3. The van der Waals surface area contributed by atoms with Crippen molar-refractivity contribution in [2.24, 2.45) is 0 Å². The van der Waals surface area contributed by atoms with Crippen LogP contribution >= 0.6 is 0 Å². The van der Waals surface area contributed by atoms with E-state index in [4.69, 9.17) is 18.9 Å². The van der Waals surface area contributed by atoms with Gasteiger partial charge in [-0.2, -0.15) is 0 Å². The van der Waals surface area contributed by atoms with E-state index in [0.29, 0.717) is 30.4 Å². The summed E-state index contributed by atoms with van der Waals surface area (Å²) < 4.78 is 25.5. The third-order valence-corrected chi connectivity index (χ3v) is 11.8. The fourth-order valence-electron chi connectivity index (χ4n) is 8.37. The van der Waals surface area contributed by atoms with Gasteiger partial charge in [-0.25, -0.2) is 4.79 Å². The van der Waals surface area contributed by atoms with Crippen molar-refractivity contribution in [2.75, 3.05) is 13.7 Å². The van der Waals surface area contributed by atoms with Crippen molar-refractivity contribution in [3.8, 4) is 5.75 Å². The van der Waals surface area contributed by atoms with Gasteiger partial charge in [0.25, 0.3) is 0 Å². The number of fused-ring (bicyclic) bond motifs is 1. The molecule has 0 spiro atoms. The number of esters is 2. The first-order chi connectivity index (χ1) is 31.1. The maximum atomic E-state index is 14.8. The van der Waals surface area contributed by atoms with Crippen LogP contribution in [0.1, 0.15) is 132 Å². The molecule has 1 aliphatic heterocycles. The summed E-state index contributed by atoms with van der Waals surface area (Å²) in [4.78, 5) is 57.0. The third-order valence-electron chi connectivity index (χ3n) is 11.8. The molecule has 2 amide bonds. The van der Waals surface area contributed by atoms with Crippen LogP contribution in [0.2, 0.25) is 0 Å². The number of ether oxygens (including phenoxy) is 4. The van der Waals surface area contributed by atoms with Crippen LogP contribution in [-0.4, -0.2) is 94.3 Å². The van der Waals surface area contributed by atoms with Gasteiger partial charge in [-0.05, 0) is 87.4 Å². The molecule has 65 heavy (non-hydrogen) atoms. The number of carbonyl (C=O) groups excluding carboxylic acids is 4. The van der Waals surface area contributed by atoms with Gasteiger partial charge in [-0.3, -0.25) is 14.4 Å². The highest BCUT2D eigenvalue weighted by molar-refractivity contribution is 5.97. The van der Waals surface area contributed by atoms with Gasteiger partial charge in [-0.15, -0.1) is 0 Å². The van der Waals surface area contributed by atoms with E-state index in [1.54, 1.807) is 64.2 Å². The maximum absolute atomic E-state index is 14.8. The van der Waals surface area contributed by atoms with E-state index >= 15 is 0 Å². The molecule has 1 fully saturated rings. The fraction of sp³-hybridized carbons (Fsp3) is 0.509. The Balaban J connectivity index is 1.41. The Morgan fingerprint density at radius 2 is 1.62 bits per heavy atom. The molecule has 3 N–H and O–H groups in total. The second-order valence-electron chi connectivity index (χ2n) is 18.3. The normalized spacial score (nSPS) is 18.9. The number of aliphatic hydroxyl groups excluding tert-OH is 1. The molecule has 0 bridgehead atoms. The number of nitrogens with zero attached hydrogens (tertiary/aromatic N) is 1. The van der Waals surface area contributed by atoms with Crippen molar-refractivity contribution in [1.29, 1.82) is 0 Å². The SMILES string of the molecule is CCCCCC1(CCCCC)O[C@@H]2[C@@H](C=C(C(=O)N(C)[C@H](Cc3ccccc3)C(=O)N[C@H](CO)CCC(=O)OC(C)(C)C)C[C@H]2OC(=O)c2cccc(C=CCc3ccccc3O)c2)O1. The summed E-state index contributed by atoms with van der Waals surface area (Å²) >= 11 is 0. The Morgan fingerprint density at radius 3 is 2.28 bits per heavy atom. The monoisotopic (exact) mass is 895 g/mol. The molecule has 3 aromatic rings. The molecule has 1 aliphatic carbocycles. The number of para-hydroxylation sites is 1. The largest absolute Gasteiger partial charge is 0.508 e. The van der Waals surface area contributed by atoms with Crippen LogP contribution in [0, 0.1) is 0 Å². The summed E-state index contributed by atoms with van der Waals surface area (Å²) in [7, 11) is 1.57. The summed E-state index contributed by atoms with van der Waals surface area (Å²) in [6, 6.07) is 21.8. The predicted octanol–water partition coefficient (Wildman–Crippen LogP) is 8.81. The third kappa shape index (κ3) is 15.1. The molecular weight excluding hydrogens is 825 g/mol. The van der Waals surface area contributed by atoms with Crippen molar-refractivity contribution in [2.45, 2.75) is 160 Å². The number of nitrogens with one attached hydrogen (secondary N) is 1. The van der Waals surface area contributed by atoms with E-state index in [9.17, 15) is 29.4 Å². The van der Waals surface area contributed by atoms with Crippen LogP contribution in [0.4, 0.5) is 0 Å². The number of carbonyl (C=O) groups is 4. The molecule has 3 aromatic carbocycles. The zero-order chi connectivity index (χ0) is 47.0. The molecule has 1 heterocycles. The van der Waals surface area contributed by atoms with Gasteiger partial charge in [-0.1, -0.05) is 112 Å². The summed E-state index contributed by atoms with van der Waals surface area (Å²) in [5.41, 5.74) is 2.35. The van der Waals surface area contributed by atoms with Gasteiger partial charge >= 0.3 is 11.9 Å². The molecule has 0 unspecified atom stereocenters. The molecular formula is C53H70N2O10. The number of likely N-dealkylation sites (N-methyl/N-ethyl adjacent to an activating group) is 1. The lowest BCUT2D eigenvalue weighted by Crippen LogP contribution is -2.53. The Bertz CT molecular complexity index is 2080. The minimum Gasteiger partial charge on any atom is -0.508 e. The summed E-state index contributed by atoms with van der Waals surface area (Å²) in [5, 5.41) is 23.3. The van der Waals surface area contributed by atoms with Gasteiger partial charge in [0.05, 0.1) is 18.2 Å². The lowest BCUT2D eigenvalue weighted by Gasteiger charge is -2.34. The minimum atomic E-state index is -1.01. The van der Waals surface area contributed by atoms with Crippen LogP contribution < -0.4 is 5.32 Å². The van der Waals surface area contributed by atoms with Gasteiger partial charge < -0.3 is 39.4 Å². The number of phenols is 1. The van der Waals surface area contributed by atoms with Crippen molar-refractivity contribution in [3.63, 3.8) is 0 Å². The minimum absolute atomic E-state index is 0.0163. The zero-order valence-corrected chi connectivity index (χ0v) is 39.1. The average Bonchev–Trinajstić information content (AvgIpc) is 3.65. The molecule has 1 saturated heterocycles. The molecule has 0 radical (unpaired) electrons. The molecule has 12 nitrogen and oxygen atoms in total. The predicted molar refractivity (Wildman–Crippen MR) is 251 cm³/mol. The lowest BCUT2D eigenvalue weighted by atomic mass is 9.90. The van der Waals surface area contributed by atoms with Crippen LogP contribution in [-0.2, 0) is 46.2 Å². The number of hydrogen-bond acceptors (Lipinski definition) is 10. The highest BCUT2D eigenvalue weighted by Gasteiger charge is 2.53. The first kappa shape index (κ1) is 50.7. The first-order valence-corrected chi connectivity index (χ1v) is 23.4. The zero-order valence-electron chi connectivity index (χ0n) is 39.1. The molecule has 5 atom stereocenters. The second kappa shape index (κ2) is 24.3. The number of amides is 2. The summed E-state index contributed by atoms with van der Waals surface area (Å²) in [6.07, 6.45) is 11.3. The van der Waals surface area contributed by atoms with E-state index in [1.165, 1.54) is 4.90 Å². The number of hydrogen-bond donors (Lipinski definition) is 3. The average molecular weight is 895 g/mol. The van der Waals surface area contributed by atoms with E-state index < -0.39 is 72.1 Å². The molecule has 2 aliphatic rings. The van der Waals surface area contributed by atoms with Crippen molar-refractivity contribution in [3.05, 3.63) is 119 Å². The number of phenolic OH excluding ortho intramolecular Hbond substituents is 1. The van der Waals surface area contributed by atoms with Crippen molar-refractivity contribution in [1.82, 2.24) is 10.2 Å². The van der Waals surface area contributed by atoms with E-state index in [0.717, 1.165) is 55.2 Å². The van der Waals surface area contributed by atoms with Crippen LogP contribution in [0.15, 0.2) is 96.6 Å². The Hall–Kier alpha value is -5.30. The fourth-order valence-corrected chi connectivity index (χ4v) is 8.37. The molecule has 5 rings (SSSR count). The van der Waals surface area contributed by atoms with Crippen LogP contribution in [0.5, 0.6) is 5.75 Å². The topological polar surface area (TPSA) is 161 Å². The van der Waals surface area contributed by atoms with Crippen LogP contribution in [0.25, 0.3) is 6.08 Å². The van der Waals surface area contributed by atoms with E-state index in [1.807, 2.05) is 60.7 Å². The van der Waals surface area contributed by atoms with Gasteiger partial charge in [0.2, 0.25) is 11.8 Å². The number of unbranched alkanes of at least 4 members (excludes halogenated alkanes) is 4. The van der Waals surface area contributed by atoms with Gasteiger partial charge in [0, 0.05) is 44.7 Å². The number of aromatic hydroxyl groups is 1. The smallest absolute Gasteiger partial charge is 0.338 e. The van der Waals surface area contributed by atoms with Crippen molar-refractivity contribution >= 4 is 29.8 Å². The van der Waals surface area contributed by atoms with Gasteiger partial charge in [0.15, 0.2) is 5.79 Å². The highest BCUT2D eigenvalue weighted by Crippen LogP contribution is 2.43. The lowest BCUT2D eigenvalue weighted by molar-refractivity contribution is -0.190. The quantitative estimate of drug-likeness (QED) is 0.0620. The number of allylic oxidation sites excluding steroid dienone is 1. The molecule has 0 aromatic heterocycles. The molecule has 352 valence electrons. The Kier molecular flexibility index (Phi) is 18.9. The molecule has 12 heteroatoms.